The second-order valence-electron chi connectivity index (χ2n) is 1.41. The van der Waals surface area contributed by atoms with Gasteiger partial charge in [-0.05, 0) is 13.8 Å². The van der Waals surface area contributed by atoms with Crippen LogP contribution in [-0.4, -0.2) is 25.4 Å². The molecular weight excluding hydrogens is 120 g/mol. The minimum absolute atomic E-state index is 0.643. The maximum atomic E-state index is 5.03. The van der Waals surface area contributed by atoms with E-state index in [4.69, 9.17) is 4.84 Å². The van der Waals surface area contributed by atoms with Crippen molar-refractivity contribution in [2.24, 2.45) is 0 Å². The minimum atomic E-state index is 0.643. The van der Waals surface area contributed by atoms with E-state index < -0.39 is 0 Å². The summed E-state index contributed by atoms with van der Waals surface area (Å²) in [4.78, 5) is 9.63. The molecule has 0 aromatic carbocycles. The Hall–Kier alpha value is -0.160. The van der Waals surface area contributed by atoms with Crippen LogP contribution in [0.2, 0.25) is 0 Å². The van der Waals surface area contributed by atoms with Gasteiger partial charge in [0, 0.05) is 6.54 Å². The third-order valence-corrected chi connectivity index (χ3v) is 0.765. The molecular formula is C5H14N2O2. The van der Waals surface area contributed by atoms with E-state index in [0.717, 1.165) is 6.54 Å². The van der Waals surface area contributed by atoms with Gasteiger partial charge < -0.3 is 0 Å². The van der Waals surface area contributed by atoms with Crippen molar-refractivity contribution in [2.45, 2.75) is 13.8 Å². The predicted molar refractivity (Wildman–Crippen MR) is 34.2 cm³/mol. The number of hydrazine groups is 1. The second kappa shape index (κ2) is 5.97. The molecule has 1 N–H and O–H groups in total. The third kappa shape index (κ3) is 4.35. The van der Waals surface area contributed by atoms with Crippen molar-refractivity contribution in [1.82, 2.24) is 10.8 Å². The Morgan fingerprint density at radius 2 is 2.11 bits per heavy atom. The van der Waals surface area contributed by atoms with Gasteiger partial charge in [-0.25, -0.2) is 0 Å². The van der Waals surface area contributed by atoms with Crippen LogP contribution < -0.4 is 5.59 Å². The first-order valence-corrected chi connectivity index (χ1v) is 3.04. The van der Waals surface area contributed by atoms with Crippen molar-refractivity contribution in [1.29, 1.82) is 0 Å². The smallest absolute Gasteiger partial charge is 0.0674 e. The van der Waals surface area contributed by atoms with Crippen molar-refractivity contribution in [2.75, 3.05) is 20.3 Å². The fraction of sp³-hybridized carbons (Fsp3) is 1.00. The molecule has 0 fully saturated rings. The molecule has 0 saturated carbocycles. The van der Waals surface area contributed by atoms with Crippen molar-refractivity contribution in [3.8, 4) is 0 Å². The van der Waals surface area contributed by atoms with Gasteiger partial charge in [0.05, 0.1) is 13.7 Å². The van der Waals surface area contributed by atoms with E-state index in [9.17, 15) is 0 Å². The van der Waals surface area contributed by atoms with E-state index >= 15 is 0 Å². The monoisotopic (exact) mass is 134 g/mol. The van der Waals surface area contributed by atoms with Crippen LogP contribution in [0.15, 0.2) is 0 Å². The first-order chi connectivity index (χ1) is 4.35. The highest BCUT2D eigenvalue weighted by molar-refractivity contribution is 4.19. The van der Waals surface area contributed by atoms with Crippen molar-refractivity contribution >= 4 is 0 Å². The van der Waals surface area contributed by atoms with Gasteiger partial charge >= 0.3 is 0 Å². The number of hydrogen-bond donors (Lipinski definition) is 1. The van der Waals surface area contributed by atoms with Gasteiger partial charge in [0.25, 0.3) is 0 Å². The maximum absolute atomic E-state index is 5.03. The van der Waals surface area contributed by atoms with Gasteiger partial charge in [-0.3, -0.25) is 9.68 Å². The molecule has 0 aliphatic heterocycles. The molecule has 0 atom stereocenters. The van der Waals surface area contributed by atoms with Crippen LogP contribution in [0.1, 0.15) is 13.8 Å². The van der Waals surface area contributed by atoms with Gasteiger partial charge in [0.15, 0.2) is 0 Å². The summed E-state index contributed by atoms with van der Waals surface area (Å²) in [5.74, 6) is 0. The summed E-state index contributed by atoms with van der Waals surface area (Å²) in [6.45, 7) is 5.27. The fourth-order valence-corrected chi connectivity index (χ4v) is 0.440. The largest absolute Gasteiger partial charge is 0.288 e. The summed E-state index contributed by atoms with van der Waals surface area (Å²) >= 11 is 0. The molecule has 0 bridgehead atoms. The zero-order chi connectivity index (χ0) is 7.11. The van der Waals surface area contributed by atoms with E-state index in [1.54, 1.807) is 7.11 Å². The van der Waals surface area contributed by atoms with Crippen molar-refractivity contribution in [3.63, 3.8) is 0 Å². The topological polar surface area (TPSA) is 33.7 Å². The second-order valence-corrected chi connectivity index (χ2v) is 1.41. The molecule has 0 heterocycles. The lowest BCUT2D eigenvalue weighted by molar-refractivity contribution is -0.260. The lowest BCUT2D eigenvalue weighted by Crippen LogP contribution is -2.36. The quantitative estimate of drug-likeness (QED) is 0.549. The number of hydrogen-bond acceptors (Lipinski definition) is 4. The van der Waals surface area contributed by atoms with E-state index in [0.29, 0.717) is 6.61 Å². The SMILES string of the molecule is CCON(CC)NOC. The standard InChI is InChI=1S/C5H14N2O2/c1-4-7(6-8-3)9-5-2/h6H,4-5H2,1-3H3. The first-order valence-electron chi connectivity index (χ1n) is 3.04. The molecule has 0 aliphatic carbocycles. The van der Waals surface area contributed by atoms with Gasteiger partial charge in [-0.15, -0.1) is 10.8 Å². The van der Waals surface area contributed by atoms with E-state index in [-0.39, 0.29) is 0 Å². The molecule has 0 unspecified atom stereocenters. The molecule has 56 valence electrons. The Balaban J connectivity index is 3.18. The normalized spacial score (nSPS) is 10.7. The summed E-state index contributed by atoms with van der Waals surface area (Å²) in [6, 6.07) is 0. The van der Waals surface area contributed by atoms with Crippen LogP contribution >= 0.6 is 0 Å². The van der Waals surface area contributed by atoms with Crippen LogP contribution in [0.5, 0.6) is 0 Å². The van der Waals surface area contributed by atoms with Crippen LogP contribution in [0, 0.1) is 0 Å². The first kappa shape index (κ1) is 8.84. The van der Waals surface area contributed by atoms with Crippen LogP contribution in [0.25, 0.3) is 0 Å². The van der Waals surface area contributed by atoms with Crippen LogP contribution in [-0.2, 0) is 9.68 Å². The average molecular weight is 134 g/mol. The summed E-state index contributed by atoms with van der Waals surface area (Å²) in [5.41, 5.74) is 2.54. The Labute approximate surface area is 55.6 Å². The molecule has 4 heteroatoms. The molecule has 0 amide bonds. The highest BCUT2D eigenvalue weighted by Crippen LogP contribution is 1.81. The van der Waals surface area contributed by atoms with E-state index in [2.05, 4.69) is 10.4 Å². The van der Waals surface area contributed by atoms with Crippen molar-refractivity contribution in [3.05, 3.63) is 0 Å². The molecule has 0 aliphatic rings. The number of nitrogens with zero attached hydrogens (tertiary/aromatic N) is 1. The predicted octanol–water partition coefficient (Wildman–Crippen LogP) is 0.326. The zero-order valence-electron chi connectivity index (χ0n) is 6.18. The van der Waals surface area contributed by atoms with Gasteiger partial charge in [-0.1, -0.05) is 0 Å². The lowest BCUT2D eigenvalue weighted by atomic mass is 10.8. The highest BCUT2D eigenvalue weighted by atomic mass is 16.8. The van der Waals surface area contributed by atoms with Gasteiger partial charge in [-0.2, -0.15) is 0 Å². The number of hydroxylamine groups is 1. The van der Waals surface area contributed by atoms with Crippen LogP contribution in [0.4, 0.5) is 0 Å². The lowest BCUT2D eigenvalue weighted by Gasteiger charge is -2.17. The average Bonchev–Trinajstić information content (AvgIpc) is 1.88. The van der Waals surface area contributed by atoms with Gasteiger partial charge in [0.1, 0.15) is 0 Å². The summed E-state index contributed by atoms with van der Waals surface area (Å²) in [5, 5.41) is 1.51. The molecule has 0 rings (SSSR count). The minimum Gasteiger partial charge on any atom is -0.288 e. The summed E-state index contributed by atoms with van der Waals surface area (Å²) < 4.78 is 0. The van der Waals surface area contributed by atoms with E-state index in [1.807, 2.05) is 13.8 Å². The zero-order valence-corrected chi connectivity index (χ0v) is 6.18. The molecule has 9 heavy (non-hydrogen) atoms. The summed E-state index contributed by atoms with van der Waals surface area (Å²) in [7, 11) is 1.54. The van der Waals surface area contributed by atoms with Crippen molar-refractivity contribution < 1.29 is 9.68 Å². The highest BCUT2D eigenvalue weighted by Gasteiger charge is 1.95. The van der Waals surface area contributed by atoms with E-state index in [1.165, 1.54) is 5.17 Å². The number of nitrogens with one attached hydrogen (secondary N) is 1. The fourth-order valence-electron chi connectivity index (χ4n) is 0.440. The Kier molecular flexibility index (Phi) is 5.86. The molecule has 4 nitrogen and oxygen atoms in total. The number of rotatable bonds is 5. The Bertz CT molecular complexity index is 54.9. The maximum Gasteiger partial charge on any atom is 0.0674 e. The third-order valence-electron chi connectivity index (χ3n) is 0.765. The molecule has 0 radical (unpaired) electrons. The molecule has 0 saturated heterocycles. The Morgan fingerprint density at radius 3 is 2.44 bits per heavy atom. The summed E-state index contributed by atoms with van der Waals surface area (Å²) in [6.07, 6.45) is 0. The Morgan fingerprint density at radius 1 is 1.44 bits per heavy atom. The molecule has 0 aromatic heterocycles. The molecule has 0 spiro atoms. The van der Waals surface area contributed by atoms with Gasteiger partial charge in [0.2, 0.25) is 0 Å². The molecule has 0 aromatic rings. The van der Waals surface area contributed by atoms with Crippen LogP contribution in [0.3, 0.4) is 0 Å².